The number of H-pyrrole nitrogens is 1. The molecule has 0 aliphatic carbocycles. The molecule has 0 saturated heterocycles. The third kappa shape index (κ3) is 4.93. The molecule has 1 aromatic heterocycles. The normalized spacial score (nSPS) is 11.5. The van der Waals surface area contributed by atoms with Gasteiger partial charge < -0.3 is 15.4 Å². The largest absolute Gasteiger partial charge is 0.475 e. The average Bonchev–Trinajstić information content (AvgIpc) is 3.03. The Bertz CT molecular complexity index is 787. The van der Waals surface area contributed by atoms with Crippen LogP contribution < -0.4 is 10.5 Å². The standard InChI is InChI=1S/C22H34N4O2/c1-7-26(8-2)21(27)22(5,6)14-28-20-18(9-10-23)19(24-25-20)17-12-15(3)11-16(4)13-17/h11-13H,7-10,14,23H2,1-6H3,(H,24,25). The molecular weight excluding hydrogens is 352 g/mol. The van der Waals surface area contributed by atoms with E-state index < -0.39 is 5.41 Å². The summed E-state index contributed by atoms with van der Waals surface area (Å²) in [7, 11) is 0. The number of ether oxygens (including phenoxy) is 1. The average molecular weight is 387 g/mol. The Morgan fingerprint density at radius 1 is 1.18 bits per heavy atom. The maximum atomic E-state index is 12.8. The number of nitrogens with zero attached hydrogens (tertiary/aromatic N) is 2. The van der Waals surface area contributed by atoms with Gasteiger partial charge in [0.05, 0.1) is 11.1 Å². The lowest BCUT2D eigenvalue weighted by Gasteiger charge is -2.30. The smallest absolute Gasteiger partial charge is 0.236 e. The lowest BCUT2D eigenvalue weighted by atomic mass is 9.92. The third-order valence-corrected chi connectivity index (χ3v) is 4.93. The Kier molecular flexibility index (Phi) is 7.24. The molecule has 1 amide bonds. The highest BCUT2D eigenvalue weighted by Gasteiger charge is 2.32. The van der Waals surface area contributed by atoms with Crippen LogP contribution in [-0.2, 0) is 11.2 Å². The molecule has 1 aromatic carbocycles. The van der Waals surface area contributed by atoms with Crippen LogP contribution in [0.3, 0.4) is 0 Å². The molecule has 0 atom stereocenters. The maximum Gasteiger partial charge on any atom is 0.236 e. The molecule has 3 N–H and O–H groups in total. The third-order valence-electron chi connectivity index (χ3n) is 4.93. The number of carbonyl (C=O) groups excluding carboxylic acids is 1. The first-order valence-corrected chi connectivity index (χ1v) is 10.0. The molecule has 6 nitrogen and oxygen atoms in total. The zero-order chi connectivity index (χ0) is 20.9. The second kappa shape index (κ2) is 9.24. The van der Waals surface area contributed by atoms with Crippen LogP contribution in [0.15, 0.2) is 18.2 Å². The summed E-state index contributed by atoms with van der Waals surface area (Å²) in [5.41, 5.74) is 10.6. The Morgan fingerprint density at radius 3 is 2.32 bits per heavy atom. The zero-order valence-corrected chi connectivity index (χ0v) is 18.1. The Labute approximate surface area is 168 Å². The molecule has 28 heavy (non-hydrogen) atoms. The molecular formula is C22H34N4O2. The van der Waals surface area contributed by atoms with Crippen molar-refractivity contribution < 1.29 is 9.53 Å². The molecule has 1 heterocycles. The van der Waals surface area contributed by atoms with Crippen molar-refractivity contribution in [2.45, 2.75) is 48.0 Å². The van der Waals surface area contributed by atoms with Crippen LogP contribution in [0.5, 0.6) is 5.88 Å². The fourth-order valence-corrected chi connectivity index (χ4v) is 3.45. The molecule has 0 saturated carbocycles. The first kappa shape index (κ1) is 22.0. The minimum absolute atomic E-state index is 0.0861. The number of aromatic amines is 1. The van der Waals surface area contributed by atoms with Crippen molar-refractivity contribution in [1.29, 1.82) is 0 Å². The van der Waals surface area contributed by atoms with E-state index in [0.717, 1.165) is 16.8 Å². The van der Waals surface area contributed by atoms with Crippen LogP contribution >= 0.6 is 0 Å². The lowest BCUT2D eigenvalue weighted by Crippen LogP contribution is -2.43. The molecule has 154 valence electrons. The van der Waals surface area contributed by atoms with Gasteiger partial charge in [0.25, 0.3) is 0 Å². The van der Waals surface area contributed by atoms with E-state index in [4.69, 9.17) is 10.5 Å². The molecule has 0 radical (unpaired) electrons. The second-order valence-electron chi connectivity index (χ2n) is 7.95. The number of aryl methyl sites for hydroxylation is 2. The topological polar surface area (TPSA) is 84.2 Å². The Hall–Kier alpha value is -2.34. The highest BCUT2D eigenvalue weighted by atomic mass is 16.5. The van der Waals surface area contributed by atoms with Gasteiger partial charge in [-0.15, -0.1) is 5.10 Å². The molecule has 2 rings (SSSR count). The van der Waals surface area contributed by atoms with Crippen molar-refractivity contribution in [3.63, 3.8) is 0 Å². The van der Waals surface area contributed by atoms with E-state index in [0.29, 0.717) is 31.9 Å². The fraction of sp³-hybridized carbons (Fsp3) is 0.545. The number of carbonyl (C=O) groups is 1. The first-order chi connectivity index (χ1) is 13.2. The van der Waals surface area contributed by atoms with E-state index in [1.807, 2.05) is 32.6 Å². The molecule has 0 unspecified atom stereocenters. The van der Waals surface area contributed by atoms with Crippen LogP contribution in [-0.4, -0.2) is 47.2 Å². The van der Waals surface area contributed by atoms with Gasteiger partial charge in [-0.3, -0.25) is 9.89 Å². The minimum atomic E-state index is -0.634. The van der Waals surface area contributed by atoms with Gasteiger partial charge >= 0.3 is 0 Å². The highest BCUT2D eigenvalue weighted by Crippen LogP contribution is 2.31. The number of benzene rings is 1. The van der Waals surface area contributed by atoms with Crippen molar-refractivity contribution in [1.82, 2.24) is 15.1 Å². The van der Waals surface area contributed by atoms with Crippen LogP contribution in [0.1, 0.15) is 44.4 Å². The molecule has 2 aromatic rings. The van der Waals surface area contributed by atoms with E-state index in [9.17, 15) is 4.79 Å². The molecule has 6 heteroatoms. The summed E-state index contributed by atoms with van der Waals surface area (Å²) < 4.78 is 6.03. The van der Waals surface area contributed by atoms with Crippen molar-refractivity contribution in [2.24, 2.45) is 11.1 Å². The first-order valence-electron chi connectivity index (χ1n) is 10.0. The van der Waals surface area contributed by atoms with Crippen LogP contribution in [0.4, 0.5) is 0 Å². The lowest BCUT2D eigenvalue weighted by molar-refractivity contribution is -0.141. The van der Waals surface area contributed by atoms with Gasteiger partial charge in [0, 0.05) is 24.2 Å². The minimum Gasteiger partial charge on any atom is -0.475 e. The second-order valence-corrected chi connectivity index (χ2v) is 7.95. The molecule has 0 aliphatic heterocycles. The number of aromatic nitrogens is 2. The quantitative estimate of drug-likeness (QED) is 0.691. The highest BCUT2D eigenvalue weighted by molar-refractivity contribution is 5.82. The number of rotatable bonds is 9. The number of hydrogen-bond donors (Lipinski definition) is 2. The summed E-state index contributed by atoms with van der Waals surface area (Å²) in [5.74, 6) is 0.614. The van der Waals surface area contributed by atoms with E-state index >= 15 is 0 Å². The van der Waals surface area contributed by atoms with Crippen LogP contribution in [0, 0.1) is 19.3 Å². The zero-order valence-electron chi connectivity index (χ0n) is 18.1. The van der Waals surface area contributed by atoms with Crippen molar-refractivity contribution in [3.8, 4) is 17.1 Å². The van der Waals surface area contributed by atoms with Gasteiger partial charge in [0.2, 0.25) is 11.8 Å². The van der Waals surface area contributed by atoms with Gasteiger partial charge in [0.15, 0.2) is 0 Å². The summed E-state index contributed by atoms with van der Waals surface area (Å²) in [4.78, 5) is 14.6. The predicted octanol–water partition coefficient (Wildman–Crippen LogP) is 3.47. The Balaban J connectivity index is 2.27. The van der Waals surface area contributed by atoms with Gasteiger partial charge in [-0.1, -0.05) is 17.2 Å². The monoisotopic (exact) mass is 386 g/mol. The van der Waals surface area contributed by atoms with E-state index in [1.165, 1.54) is 11.1 Å². The van der Waals surface area contributed by atoms with E-state index in [2.05, 4.69) is 42.2 Å². The van der Waals surface area contributed by atoms with E-state index in [-0.39, 0.29) is 12.5 Å². The van der Waals surface area contributed by atoms with Crippen molar-refractivity contribution in [3.05, 3.63) is 34.9 Å². The van der Waals surface area contributed by atoms with Crippen molar-refractivity contribution in [2.75, 3.05) is 26.2 Å². The van der Waals surface area contributed by atoms with Gasteiger partial charge in [-0.05, 0) is 66.6 Å². The maximum absolute atomic E-state index is 12.8. The molecule has 0 fully saturated rings. The van der Waals surface area contributed by atoms with E-state index in [1.54, 1.807) is 0 Å². The molecule has 0 bridgehead atoms. The predicted molar refractivity (Wildman–Crippen MR) is 113 cm³/mol. The van der Waals surface area contributed by atoms with Gasteiger partial charge in [0.1, 0.15) is 6.61 Å². The SMILES string of the molecule is CCN(CC)C(=O)C(C)(C)COc1n[nH]c(-c2cc(C)cc(C)c2)c1CCN. The number of hydrogen-bond acceptors (Lipinski definition) is 4. The fourth-order valence-electron chi connectivity index (χ4n) is 3.45. The molecule has 0 spiro atoms. The summed E-state index contributed by atoms with van der Waals surface area (Å²) in [5, 5.41) is 7.50. The number of amides is 1. The summed E-state index contributed by atoms with van der Waals surface area (Å²) >= 11 is 0. The summed E-state index contributed by atoms with van der Waals surface area (Å²) in [6.45, 7) is 14.1. The van der Waals surface area contributed by atoms with Gasteiger partial charge in [-0.25, -0.2) is 0 Å². The number of nitrogens with two attached hydrogens (primary N) is 1. The van der Waals surface area contributed by atoms with Crippen LogP contribution in [0.25, 0.3) is 11.3 Å². The van der Waals surface area contributed by atoms with Crippen molar-refractivity contribution >= 4 is 5.91 Å². The number of nitrogens with one attached hydrogen (secondary N) is 1. The summed E-state index contributed by atoms with van der Waals surface area (Å²) in [6, 6.07) is 6.39. The molecule has 0 aliphatic rings. The summed E-state index contributed by atoms with van der Waals surface area (Å²) in [6.07, 6.45) is 0.651. The Morgan fingerprint density at radius 2 is 1.79 bits per heavy atom. The van der Waals surface area contributed by atoms with Crippen LogP contribution in [0.2, 0.25) is 0 Å². The van der Waals surface area contributed by atoms with Gasteiger partial charge in [-0.2, -0.15) is 0 Å².